The SMILES string of the molecule is COCCCN(C(=O)c1cc(Br)ccc1Cl)C1CCS(=O)(=O)C1. The van der Waals surface area contributed by atoms with E-state index in [0.29, 0.717) is 36.6 Å². The maximum absolute atomic E-state index is 12.9. The fourth-order valence-electron chi connectivity index (χ4n) is 2.67. The number of carbonyl (C=O) groups excluding carboxylic acids is 1. The van der Waals surface area contributed by atoms with Crippen molar-refractivity contribution in [2.24, 2.45) is 0 Å². The van der Waals surface area contributed by atoms with Crippen molar-refractivity contribution >= 4 is 43.3 Å². The number of nitrogens with zero attached hydrogens (tertiary/aromatic N) is 1. The Morgan fingerprint density at radius 3 is 2.83 bits per heavy atom. The largest absolute Gasteiger partial charge is 0.385 e. The van der Waals surface area contributed by atoms with Crippen LogP contribution < -0.4 is 0 Å². The maximum Gasteiger partial charge on any atom is 0.255 e. The first-order valence-electron chi connectivity index (χ1n) is 7.29. The topological polar surface area (TPSA) is 63.7 Å². The highest BCUT2D eigenvalue weighted by Gasteiger charge is 2.35. The maximum atomic E-state index is 12.9. The summed E-state index contributed by atoms with van der Waals surface area (Å²) in [4.78, 5) is 14.5. The normalized spacial score (nSPS) is 19.7. The minimum atomic E-state index is -3.07. The second kappa shape index (κ2) is 7.96. The summed E-state index contributed by atoms with van der Waals surface area (Å²) in [5.41, 5.74) is 0.378. The zero-order chi connectivity index (χ0) is 17.0. The molecule has 0 radical (unpaired) electrons. The lowest BCUT2D eigenvalue weighted by Crippen LogP contribution is -2.42. The molecule has 0 aromatic heterocycles. The Labute approximate surface area is 150 Å². The van der Waals surface area contributed by atoms with E-state index >= 15 is 0 Å². The molecule has 0 saturated carbocycles. The molecule has 0 aliphatic carbocycles. The first-order valence-corrected chi connectivity index (χ1v) is 10.3. The quantitative estimate of drug-likeness (QED) is 0.659. The standard InChI is InChI=1S/C15H19BrClNO4S/c1-22-7-2-6-18(12-5-8-23(20,21)10-12)15(19)13-9-11(16)3-4-14(13)17/h3-4,9,12H,2,5-8,10H2,1H3. The first-order chi connectivity index (χ1) is 10.8. The van der Waals surface area contributed by atoms with Crippen LogP contribution in [0.2, 0.25) is 5.02 Å². The van der Waals surface area contributed by atoms with E-state index in [4.69, 9.17) is 16.3 Å². The zero-order valence-corrected chi connectivity index (χ0v) is 16.0. The van der Waals surface area contributed by atoms with Crippen LogP contribution in [0.1, 0.15) is 23.2 Å². The van der Waals surface area contributed by atoms with Gasteiger partial charge in [0.2, 0.25) is 0 Å². The van der Waals surface area contributed by atoms with Crippen molar-refractivity contribution in [3.63, 3.8) is 0 Å². The number of hydrogen-bond acceptors (Lipinski definition) is 4. The average Bonchev–Trinajstić information content (AvgIpc) is 2.85. The van der Waals surface area contributed by atoms with E-state index in [9.17, 15) is 13.2 Å². The summed E-state index contributed by atoms with van der Waals surface area (Å²) in [5, 5.41) is 0.357. The lowest BCUT2D eigenvalue weighted by atomic mass is 10.1. The van der Waals surface area contributed by atoms with Crippen LogP contribution in [0, 0.1) is 0 Å². The Morgan fingerprint density at radius 2 is 2.22 bits per heavy atom. The Hall–Kier alpha value is -0.630. The first kappa shape index (κ1) is 18.7. The van der Waals surface area contributed by atoms with Crippen molar-refractivity contribution in [2.75, 3.05) is 31.8 Å². The van der Waals surface area contributed by atoms with Crippen LogP contribution in [0.5, 0.6) is 0 Å². The Morgan fingerprint density at radius 1 is 1.48 bits per heavy atom. The van der Waals surface area contributed by atoms with Gasteiger partial charge in [0.05, 0.1) is 22.1 Å². The molecule has 0 spiro atoms. The third-order valence-corrected chi connectivity index (χ3v) is 6.39. The molecule has 1 aromatic carbocycles. The van der Waals surface area contributed by atoms with Crippen LogP contribution in [0.3, 0.4) is 0 Å². The summed E-state index contributed by atoms with van der Waals surface area (Å²) in [6, 6.07) is 4.77. The molecule has 1 amide bonds. The second-order valence-electron chi connectivity index (χ2n) is 5.53. The van der Waals surface area contributed by atoms with E-state index in [0.717, 1.165) is 4.47 Å². The van der Waals surface area contributed by atoms with E-state index < -0.39 is 9.84 Å². The van der Waals surface area contributed by atoms with Crippen LogP contribution in [0.4, 0.5) is 0 Å². The van der Waals surface area contributed by atoms with E-state index in [1.807, 2.05) is 0 Å². The van der Waals surface area contributed by atoms with E-state index in [2.05, 4.69) is 15.9 Å². The van der Waals surface area contributed by atoms with Crippen LogP contribution >= 0.6 is 27.5 Å². The Kier molecular flexibility index (Phi) is 6.48. The summed E-state index contributed by atoms with van der Waals surface area (Å²) in [6.45, 7) is 0.950. The Bertz CT molecular complexity index is 680. The molecule has 1 fully saturated rings. The van der Waals surface area contributed by atoms with Crippen LogP contribution in [0.15, 0.2) is 22.7 Å². The molecule has 1 atom stereocenters. The summed E-state index contributed by atoms with van der Waals surface area (Å²) < 4.78 is 29.3. The van der Waals surface area contributed by atoms with Gasteiger partial charge in [-0.25, -0.2) is 8.42 Å². The molecule has 2 rings (SSSR count). The molecule has 1 saturated heterocycles. The predicted molar refractivity (Wildman–Crippen MR) is 93.7 cm³/mol. The number of hydrogen-bond donors (Lipinski definition) is 0. The molecule has 1 aliphatic heterocycles. The molecule has 0 N–H and O–H groups in total. The number of methoxy groups -OCH3 is 1. The third kappa shape index (κ3) is 4.92. The number of ether oxygens (including phenoxy) is 1. The van der Waals surface area contributed by atoms with Crippen molar-refractivity contribution in [1.29, 1.82) is 0 Å². The molecule has 128 valence electrons. The van der Waals surface area contributed by atoms with Gasteiger partial charge < -0.3 is 9.64 Å². The summed E-state index contributed by atoms with van der Waals surface area (Å²) in [6.07, 6.45) is 1.11. The van der Waals surface area contributed by atoms with Gasteiger partial charge in [0.1, 0.15) is 0 Å². The molecule has 1 unspecified atom stereocenters. The summed E-state index contributed by atoms with van der Waals surface area (Å²) in [5.74, 6) is -0.107. The third-order valence-electron chi connectivity index (χ3n) is 3.82. The van der Waals surface area contributed by atoms with E-state index in [1.54, 1.807) is 30.2 Å². The fourth-order valence-corrected chi connectivity index (χ4v) is 4.96. The van der Waals surface area contributed by atoms with Crippen molar-refractivity contribution in [3.05, 3.63) is 33.3 Å². The van der Waals surface area contributed by atoms with Gasteiger partial charge >= 0.3 is 0 Å². The highest BCUT2D eigenvalue weighted by molar-refractivity contribution is 9.10. The molecule has 1 aliphatic rings. The van der Waals surface area contributed by atoms with Gasteiger partial charge in [0, 0.05) is 30.8 Å². The highest BCUT2D eigenvalue weighted by atomic mass is 79.9. The van der Waals surface area contributed by atoms with Gasteiger partial charge in [-0.3, -0.25) is 4.79 Å². The van der Waals surface area contributed by atoms with Gasteiger partial charge in [-0.15, -0.1) is 0 Å². The molecule has 23 heavy (non-hydrogen) atoms. The van der Waals surface area contributed by atoms with Gasteiger partial charge in [0.25, 0.3) is 5.91 Å². The zero-order valence-electron chi connectivity index (χ0n) is 12.8. The molecule has 1 aromatic rings. The van der Waals surface area contributed by atoms with Crippen molar-refractivity contribution in [2.45, 2.75) is 18.9 Å². The average molecular weight is 425 g/mol. The summed E-state index contributed by atoms with van der Waals surface area (Å²) >= 11 is 9.48. The Balaban J connectivity index is 2.25. The van der Waals surface area contributed by atoms with E-state index in [1.165, 1.54) is 0 Å². The number of halogens is 2. The van der Waals surface area contributed by atoms with Crippen LogP contribution in [-0.2, 0) is 14.6 Å². The minimum absolute atomic E-state index is 0.0113. The number of benzene rings is 1. The molecule has 0 bridgehead atoms. The molecule has 5 nitrogen and oxygen atoms in total. The van der Waals surface area contributed by atoms with Gasteiger partial charge in [0.15, 0.2) is 9.84 Å². The van der Waals surface area contributed by atoms with Crippen LogP contribution in [0.25, 0.3) is 0 Å². The van der Waals surface area contributed by atoms with E-state index in [-0.39, 0.29) is 23.5 Å². The number of rotatable bonds is 6. The molecule has 8 heteroatoms. The number of sulfone groups is 1. The predicted octanol–water partition coefficient (Wildman–Crippen LogP) is 2.77. The monoisotopic (exact) mass is 423 g/mol. The molecular formula is C15H19BrClNO4S. The number of carbonyl (C=O) groups is 1. The van der Waals surface area contributed by atoms with Crippen molar-refractivity contribution in [1.82, 2.24) is 4.90 Å². The molecule has 1 heterocycles. The van der Waals surface area contributed by atoms with Gasteiger partial charge in [-0.05, 0) is 31.0 Å². The highest BCUT2D eigenvalue weighted by Crippen LogP contribution is 2.26. The lowest BCUT2D eigenvalue weighted by molar-refractivity contribution is 0.0674. The fraction of sp³-hybridized carbons (Fsp3) is 0.533. The minimum Gasteiger partial charge on any atom is -0.385 e. The van der Waals surface area contributed by atoms with Crippen molar-refractivity contribution in [3.8, 4) is 0 Å². The smallest absolute Gasteiger partial charge is 0.255 e. The second-order valence-corrected chi connectivity index (χ2v) is 9.08. The van der Waals surface area contributed by atoms with Crippen molar-refractivity contribution < 1.29 is 17.9 Å². The van der Waals surface area contributed by atoms with Crippen LogP contribution in [-0.4, -0.2) is 57.0 Å². The van der Waals surface area contributed by atoms with Gasteiger partial charge in [-0.1, -0.05) is 27.5 Å². The summed E-state index contributed by atoms with van der Waals surface area (Å²) in [7, 11) is -1.48. The number of amides is 1. The van der Waals surface area contributed by atoms with Gasteiger partial charge in [-0.2, -0.15) is 0 Å². The molecular weight excluding hydrogens is 406 g/mol. The lowest BCUT2D eigenvalue weighted by Gasteiger charge is -2.28.